The molecule has 0 bridgehead atoms. The van der Waals surface area contributed by atoms with Gasteiger partial charge < -0.3 is 4.90 Å². The quantitative estimate of drug-likeness (QED) is 0.554. The minimum Gasteiger partial charge on any atom is -0.336 e. The second-order valence-corrected chi connectivity index (χ2v) is 7.02. The Hall–Kier alpha value is -0.530. The molecule has 1 amide bonds. The zero-order valence-corrected chi connectivity index (χ0v) is 15.0. The van der Waals surface area contributed by atoms with E-state index >= 15 is 0 Å². The number of hydrogen-bond acceptors (Lipinski definition) is 1. The third kappa shape index (κ3) is 5.85. The van der Waals surface area contributed by atoms with Crippen LogP contribution in [-0.2, 0) is 4.79 Å². The Kier molecular flexibility index (Phi) is 9.16. The molecule has 0 rings (SSSR count). The highest BCUT2D eigenvalue weighted by Gasteiger charge is 2.34. The van der Waals surface area contributed by atoms with Gasteiger partial charge in [-0.15, -0.1) is 0 Å². The molecule has 0 N–H and O–H groups in total. The van der Waals surface area contributed by atoms with E-state index in [0.717, 1.165) is 32.1 Å². The predicted octanol–water partition coefficient (Wildman–Crippen LogP) is 5.41. The zero-order valence-electron chi connectivity index (χ0n) is 15.0. The number of carbonyl (C=O) groups excluding carboxylic acids is 1. The summed E-state index contributed by atoms with van der Waals surface area (Å²) in [6.45, 7) is 15.0. The fourth-order valence-electron chi connectivity index (χ4n) is 2.89. The van der Waals surface area contributed by atoms with Gasteiger partial charge in [0.05, 0.1) is 0 Å². The van der Waals surface area contributed by atoms with Gasteiger partial charge in [-0.25, -0.2) is 0 Å². The van der Waals surface area contributed by atoms with Crippen molar-refractivity contribution < 1.29 is 4.79 Å². The molecule has 0 heterocycles. The molecule has 0 aliphatic rings. The van der Waals surface area contributed by atoms with Gasteiger partial charge in [0.1, 0.15) is 0 Å². The molecule has 0 aliphatic carbocycles. The molecular weight excluding hydrogens is 246 g/mol. The average Bonchev–Trinajstić information content (AvgIpc) is 2.39. The second kappa shape index (κ2) is 9.41. The van der Waals surface area contributed by atoms with Crippen LogP contribution in [0.4, 0.5) is 0 Å². The van der Waals surface area contributed by atoms with Gasteiger partial charge in [0, 0.05) is 17.5 Å². The van der Waals surface area contributed by atoms with E-state index in [2.05, 4.69) is 32.6 Å². The van der Waals surface area contributed by atoms with Gasteiger partial charge in [0.25, 0.3) is 0 Å². The van der Waals surface area contributed by atoms with Crippen LogP contribution >= 0.6 is 0 Å². The molecule has 1 unspecified atom stereocenters. The van der Waals surface area contributed by atoms with Crippen molar-refractivity contribution in [2.75, 3.05) is 0 Å². The molecule has 0 aromatic heterocycles. The van der Waals surface area contributed by atoms with E-state index < -0.39 is 0 Å². The molecule has 0 aromatic carbocycles. The van der Waals surface area contributed by atoms with Crippen LogP contribution in [0.15, 0.2) is 0 Å². The predicted molar refractivity (Wildman–Crippen MR) is 88.9 cm³/mol. The van der Waals surface area contributed by atoms with Gasteiger partial charge in [-0.05, 0) is 25.7 Å². The Bertz CT molecular complexity index is 263. The van der Waals surface area contributed by atoms with E-state index in [9.17, 15) is 4.79 Å². The molecule has 1 atom stereocenters. The number of carbonyl (C=O) groups is 1. The summed E-state index contributed by atoms with van der Waals surface area (Å²) < 4.78 is 0. The molecule has 2 nitrogen and oxygen atoms in total. The van der Waals surface area contributed by atoms with E-state index in [4.69, 9.17) is 0 Å². The van der Waals surface area contributed by atoms with E-state index in [1.54, 1.807) is 0 Å². The lowest BCUT2D eigenvalue weighted by Gasteiger charge is -2.41. The van der Waals surface area contributed by atoms with Crippen LogP contribution in [-0.4, -0.2) is 22.9 Å². The number of hydrogen-bond donors (Lipinski definition) is 0. The Morgan fingerprint density at radius 1 is 0.900 bits per heavy atom. The minimum absolute atomic E-state index is 0.277. The number of rotatable bonds is 9. The van der Waals surface area contributed by atoms with Crippen LogP contribution in [0.25, 0.3) is 0 Å². The summed E-state index contributed by atoms with van der Waals surface area (Å²) >= 11 is 0. The lowest BCUT2D eigenvalue weighted by atomic mass is 9.90. The lowest BCUT2D eigenvalue weighted by molar-refractivity contribution is -0.145. The van der Waals surface area contributed by atoms with Gasteiger partial charge in [-0.1, -0.05) is 67.7 Å². The van der Waals surface area contributed by atoms with Crippen molar-refractivity contribution in [3.05, 3.63) is 0 Å². The van der Waals surface area contributed by atoms with Crippen LogP contribution in [0.1, 0.15) is 93.4 Å². The number of nitrogens with zero attached hydrogens (tertiary/aromatic N) is 1. The topological polar surface area (TPSA) is 20.3 Å². The van der Waals surface area contributed by atoms with Crippen molar-refractivity contribution in [1.82, 2.24) is 4.90 Å². The summed E-state index contributed by atoms with van der Waals surface area (Å²) in [5.41, 5.74) is -0.277. The molecule has 0 aromatic rings. The summed E-state index contributed by atoms with van der Waals surface area (Å²) in [5.74, 6) is 0.334. The summed E-state index contributed by atoms with van der Waals surface area (Å²) in [6, 6.07) is 0.826. The van der Waals surface area contributed by atoms with Gasteiger partial charge >= 0.3 is 0 Å². The summed E-state index contributed by atoms with van der Waals surface area (Å²) in [7, 11) is 0. The van der Waals surface area contributed by atoms with Crippen molar-refractivity contribution in [1.29, 1.82) is 0 Å². The van der Waals surface area contributed by atoms with Gasteiger partial charge in [-0.3, -0.25) is 4.79 Å². The average molecular weight is 284 g/mol. The largest absolute Gasteiger partial charge is 0.336 e. The third-order valence-electron chi connectivity index (χ3n) is 4.12. The Labute approximate surface area is 127 Å². The maximum atomic E-state index is 12.9. The van der Waals surface area contributed by atoms with Crippen molar-refractivity contribution in [2.24, 2.45) is 5.41 Å². The van der Waals surface area contributed by atoms with Crippen LogP contribution in [0.3, 0.4) is 0 Å². The van der Waals surface area contributed by atoms with Crippen LogP contribution in [0, 0.1) is 5.41 Å². The SMILES string of the molecule is CCCCC(CCC)N(C(=O)C(C)(C)C)C(CC)CC. The first kappa shape index (κ1) is 19.5. The fourth-order valence-corrected chi connectivity index (χ4v) is 2.89. The maximum absolute atomic E-state index is 12.9. The molecular formula is C18H37NO. The molecule has 0 saturated carbocycles. The van der Waals surface area contributed by atoms with Gasteiger partial charge in [-0.2, -0.15) is 0 Å². The molecule has 20 heavy (non-hydrogen) atoms. The van der Waals surface area contributed by atoms with Gasteiger partial charge in [0.2, 0.25) is 5.91 Å². The third-order valence-corrected chi connectivity index (χ3v) is 4.12. The molecule has 0 spiro atoms. The Balaban J connectivity index is 5.27. The zero-order chi connectivity index (χ0) is 15.8. The highest BCUT2D eigenvalue weighted by atomic mass is 16.2. The van der Waals surface area contributed by atoms with Crippen molar-refractivity contribution in [3.63, 3.8) is 0 Å². The Morgan fingerprint density at radius 3 is 1.80 bits per heavy atom. The molecule has 0 saturated heterocycles. The highest BCUT2D eigenvalue weighted by molar-refractivity contribution is 5.82. The van der Waals surface area contributed by atoms with Crippen LogP contribution in [0.2, 0.25) is 0 Å². The highest BCUT2D eigenvalue weighted by Crippen LogP contribution is 2.27. The monoisotopic (exact) mass is 283 g/mol. The van der Waals surface area contributed by atoms with E-state index in [0.29, 0.717) is 18.0 Å². The molecule has 0 aliphatic heterocycles. The van der Waals surface area contributed by atoms with Crippen LogP contribution in [0.5, 0.6) is 0 Å². The van der Waals surface area contributed by atoms with Gasteiger partial charge in [0.15, 0.2) is 0 Å². The number of unbranched alkanes of at least 4 members (excludes halogenated alkanes) is 1. The molecule has 120 valence electrons. The minimum atomic E-state index is -0.277. The first-order valence-corrected chi connectivity index (χ1v) is 8.66. The summed E-state index contributed by atoms with van der Waals surface area (Å²) in [4.78, 5) is 15.2. The van der Waals surface area contributed by atoms with E-state index in [1.165, 1.54) is 12.8 Å². The summed E-state index contributed by atoms with van der Waals surface area (Å²) in [6.07, 6.45) is 8.00. The maximum Gasteiger partial charge on any atom is 0.228 e. The van der Waals surface area contributed by atoms with Crippen molar-refractivity contribution in [3.8, 4) is 0 Å². The lowest BCUT2D eigenvalue weighted by Crippen LogP contribution is -2.51. The molecule has 0 fully saturated rings. The summed E-state index contributed by atoms with van der Waals surface area (Å²) in [5, 5.41) is 0. The molecule has 0 radical (unpaired) electrons. The van der Waals surface area contributed by atoms with Crippen molar-refractivity contribution >= 4 is 5.91 Å². The number of amides is 1. The first-order chi connectivity index (χ1) is 9.33. The first-order valence-electron chi connectivity index (χ1n) is 8.66. The van der Waals surface area contributed by atoms with E-state index in [-0.39, 0.29) is 5.41 Å². The molecule has 2 heteroatoms. The van der Waals surface area contributed by atoms with Crippen molar-refractivity contribution in [2.45, 2.75) is 105 Å². The Morgan fingerprint density at radius 2 is 1.45 bits per heavy atom. The normalized spacial score (nSPS) is 13.6. The fraction of sp³-hybridized carbons (Fsp3) is 0.944. The van der Waals surface area contributed by atoms with E-state index in [1.807, 2.05) is 20.8 Å². The van der Waals surface area contributed by atoms with Crippen LogP contribution < -0.4 is 0 Å². The second-order valence-electron chi connectivity index (χ2n) is 7.02. The smallest absolute Gasteiger partial charge is 0.228 e. The standard InChI is InChI=1S/C18H37NO/c1-8-12-14-16(13-9-2)19(15(10-3)11-4)17(20)18(5,6)7/h15-16H,8-14H2,1-7H3.